The van der Waals surface area contributed by atoms with Gasteiger partial charge in [-0.15, -0.1) is 0 Å². The molecule has 2 rings (SSSR count). The first kappa shape index (κ1) is 15.9. The van der Waals surface area contributed by atoms with Gasteiger partial charge in [-0.2, -0.15) is 0 Å². The Morgan fingerprint density at radius 3 is 3.00 bits per heavy atom. The Balaban J connectivity index is 2.01. The molecule has 1 saturated heterocycles. The SMILES string of the molecule is CS(=O)(=O)N1CCCC(CC(N)c2ncccc2Br)C1. The minimum atomic E-state index is -3.10. The topological polar surface area (TPSA) is 76.3 Å². The number of aromatic nitrogens is 1. The van der Waals surface area contributed by atoms with Crippen molar-refractivity contribution < 1.29 is 8.42 Å². The van der Waals surface area contributed by atoms with Gasteiger partial charge in [0.25, 0.3) is 0 Å². The number of pyridine rings is 1. The molecule has 0 spiro atoms. The number of hydrogen-bond donors (Lipinski definition) is 1. The zero-order valence-corrected chi connectivity index (χ0v) is 13.9. The van der Waals surface area contributed by atoms with Crippen LogP contribution in [0.4, 0.5) is 0 Å². The minimum absolute atomic E-state index is 0.171. The highest BCUT2D eigenvalue weighted by atomic mass is 79.9. The number of halogens is 1. The molecule has 2 unspecified atom stereocenters. The summed E-state index contributed by atoms with van der Waals surface area (Å²) in [4.78, 5) is 4.31. The molecule has 20 heavy (non-hydrogen) atoms. The first-order valence-electron chi connectivity index (χ1n) is 6.69. The van der Waals surface area contributed by atoms with E-state index in [0.717, 1.165) is 29.4 Å². The molecule has 5 nitrogen and oxygen atoms in total. The van der Waals surface area contributed by atoms with Gasteiger partial charge in [0.05, 0.1) is 11.9 Å². The van der Waals surface area contributed by atoms with Crippen LogP contribution in [0.5, 0.6) is 0 Å². The second-order valence-electron chi connectivity index (χ2n) is 5.34. The number of nitrogens with two attached hydrogens (primary N) is 1. The second-order valence-corrected chi connectivity index (χ2v) is 8.18. The lowest BCUT2D eigenvalue weighted by Gasteiger charge is -2.32. The van der Waals surface area contributed by atoms with E-state index in [-0.39, 0.29) is 6.04 Å². The lowest BCUT2D eigenvalue weighted by atomic mass is 9.91. The van der Waals surface area contributed by atoms with Crippen LogP contribution >= 0.6 is 15.9 Å². The van der Waals surface area contributed by atoms with Crippen molar-refractivity contribution in [1.29, 1.82) is 0 Å². The third kappa shape index (κ3) is 4.00. The van der Waals surface area contributed by atoms with E-state index in [2.05, 4.69) is 20.9 Å². The fourth-order valence-corrected chi connectivity index (χ4v) is 4.15. The van der Waals surface area contributed by atoms with Gasteiger partial charge >= 0.3 is 0 Å². The van der Waals surface area contributed by atoms with Gasteiger partial charge in [0, 0.05) is 29.8 Å². The maximum absolute atomic E-state index is 11.6. The Morgan fingerprint density at radius 1 is 1.60 bits per heavy atom. The van der Waals surface area contributed by atoms with Gasteiger partial charge < -0.3 is 5.73 Å². The van der Waals surface area contributed by atoms with Crippen molar-refractivity contribution in [2.75, 3.05) is 19.3 Å². The molecule has 1 aromatic rings. The Bertz CT molecular complexity index is 564. The van der Waals surface area contributed by atoms with Crippen LogP contribution < -0.4 is 5.73 Å². The summed E-state index contributed by atoms with van der Waals surface area (Å²) in [6, 6.07) is 3.60. The molecule has 0 aliphatic carbocycles. The molecule has 1 fully saturated rings. The zero-order valence-electron chi connectivity index (χ0n) is 11.5. The minimum Gasteiger partial charge on any atom is -0.323 e. The van der Waals surface area contributed by atoms with E-state index in [0.29, 0.717) is 19.0 Å². The van der Waals surface area contributed by atoms with Crippen LogP contribution in [0.2, 0.25) is 0 Å². The first-order chi connectivity index (χ1) is 9.38. The standard InChI is InChI=1S/C13H20BrN3O2S/c1-20(18,19)17-7-3-4-10(9-17)8-12(15)13-11(14)5-2-6-16-13/h2,5-6,10,12H,3-4,7-9,15H2,1H3. The molecule has 1 aromatic heterocycles. The molecular weight excluding hydrogens is 342 g/mol. The molecule has 0 saturated carbocycles. The molecule has 2 N–H and O–H groups in total. The van der Waals surface area contributed by atoms with Crippen LogP contribution in [-0.2, 0) is 10.0 Å². The van der Waals surface area contributed by atoms with E-state index in [4.69, 9.17) is 5.73 Å². The first-order valence-corrected chi connectivity index (χ1v) is 9.33. The molecule has 2 atom stereocenters. The predicted molar refractivity (Wildman–Crippen MR) is 82.6 cm³/mol. The summed E-state index contributed by atoms with van der Waals surface area (Å²) in [5.74, 6) is 0.294. The quantitative estimate of drug-likeness (QED) is 0.888. The predicted octanol–water partition coefficient (Wildman–Crippen LogP) is 1.91. The monoisotopic (exact) mass is 361 g/mol. The van der Waals surface area contributed by atoms with E-state index in [1.807, 2.05) is 12.1 Å². The summed E-state index contributed by atoms with van der Waals surface area (Å²) in [5.41, 5.74) is 7.06. The Hall–Kier alpha value is -0.500. The van der Waals surface area contributed by atoms with E-state index in [1.165, 1.54) is 6.26 Å². The van der Waals surface area contributed by atoms with Gasteiger partial charge in [-0.25, -0.2) is 12.7 Å². The van der Waals surface area contributed by atoms with Crippen LogP contribution in [-0.4, -0.2) is 37.1 Å². The van der Waals surface area contributed by atoms with Crippen LogP contribution in [0, 0.1) is 5.92 Å². The molecular formula is C13H20BrN3O2S. The normalized spacial score (nSPS) is 22.6. The average molecular weight is 362 g/mol. The van der Waals surface area contributed by atoms with E-state index in [1.54, 1.807) is 10.5 Å². The third-order valence-corrected chi connectivity index (χ3v) is 5.62. The highest BCUT2D eigenvalue weighted by Crippen LogP contribution is 2.29. The Labute approximate surface area is 128 Å². The van der Waals surface area contributed by atoms with Gasteiger partial charge in [-0.3, -0.25) is 4.98 Å². The third-order valence-electron chi connectivity index (χ3n) is 3.68. The van der Waals surface area contributed by atoms with Crippen LogP contribution in [0.1, 0.15) is 31.0 Å². The van der Waals surface area contributed by atoms with Crippen molar-refractivity contribution in [3.63, 3.8) is 0 Å². The van der Waals surface area contributed by atoms with Gasteiger partial charge in [-0.1, -0.05) is 0 Å². The summed E-state index contributed by atoms with van der Waals surface area (Å²) in [5, 5.41) is 0. The largest absolute Gasteiger partial charge is 0.323 e. The van der Waals surface area contributed by atoms with Gasteiger partial charge in [0.1, 0.15) is 0 Å². The van der Waals surface area contributed by atoms with E-state index < -0.39 is 10.0 Å². The summed E-state index contributed by atoms with van der Waals surface area (Å²) in [7, 11) is -3.10. The number of hydrogen-bond acceptors (Lipinski definition) is 4. The molecule has 0 amide bonds. The Kier molecular flexibility index (Phi) is 5.17. The van der Waals surface area contributed by atoms with Crippen molar-refractivity contribution in [1.82, 2.24) is 9.29 Å². The number of nitrogens with zero attached hydrogens (tertiary/aromatic N) is 2. The van der Waals surface area contributed by atoms with Gasteiger partial charge in [0.15, 0.2) is 0 Å². The lowest BCUT2D eigenvalue weighted by Crippen LogP contribution is -2.40. The number of rotatable bonds is 4. The summed E-state index contributed by atoms with van der Waals surface area (Å²) in [6.07, 6.45) is 5.66. The molecule has 0 aromatic carbocycles. The molecule has 112 valence electrons. The summed E-state index contributed by atoms with van der Waals surface area (Å²) < 4.78 is 25.7. The maximum Gasteiger partial charge on any atom is 0.211 e. The fourth-order valence-electron chi connectivity index (χ4n) is 2.66. The van der Waals surface area contributed by atoms with Gasteiger partial charge in [0.2, 0.25) is 10.0 Å². The van der Waals surface area contributed by atoms with Crippen molar-refractivity contribution >= 4 is 26.0 Å². The molecule has 0 bridgehead atoms. The van der Waals surface area contributed by atoms with E-state index in [9.17, 15) is 8.42 Å². The average Bonchev–Trinajstić information content (AvgIpc) is 2.38. The van der Waals surface area contributed by atoms with Crippen LogP contribution in [0.25, 0.3) is 0 Å². The second kappa shape index (κ2) is 6.51. The fraction of sp³-hybridized carbons (Fsp3) is 0.615. The van der Waals surface area contributed by atoms with Crippen LogP contribution in [0.3, 0.4) is 0 Å². The van der Waals surface area contributed by atoms with Crippen molar-refractivity contribution in [2.24, 2.45) is 11.7 Å². The van der Waals surface area contributed by atoms with E-state index >= 15 is 0 Å². The molecule has 2 heterocycles. The highest BCUT2D eigenvalue weighted by molar-refractivity contribution is 9.10. The molecule has 1 aliphatic heterocycles. The van der Waals surface area contributed by atoms with Crippen molar-refractivity contribution in [3.8, 4) is 0 Å². The zero-order chi connectivity index (χ0) is 14.8. The molecule has 0 radical (unpaired) electrons. The maximum atomic E-state index is 11.6. The number of sulfonamides is 1. The highest BCUT2D eigenvalue weighted by Gasteiger charge is 2.27. The molecule has 1 aliphatic rings. The van der Waals surface area contributed by atoms with Gasteiger partial charge in [-0.05, 0) is 53.2 Å². The molecule has 7 heteroatoms. The smallest absolute Gasteiger partial charge is 0.211 e. The lowest BCUT2D eigenvalue weighted by molar-refractivity contribution is 0.246. The van der Waals surface area contributed by atoms with Crippen LogP contribution in [0.15, 0.2) is 22.8 Å². The van der Waals surface area contributed by atoms with Crippen molar-refractivity contribution in [2.45, 2.75) is 25.3 Å². The number of piperidine rings is 1. The summed E-state index contributed by atoms with van der Waals surface area (Å²) in [6.45, 7) is 1.19. The van der Waals surface area contributed by atoms with Crippen molar-refractivity contribution in [3.05, 3.63) is 28.5 Å². The summed E-state index contributed by atoms with van der Waals surface area (Å²) >= 11 is 3.46. The Morgan fingerprint density at radius 2 is 2.35 bits per heavy atom.